The van der Waals surface area contributed by atoms with Crippen LogP contribution in [0.4, 0.5) is 5.69 Å². The summed E-state index contributed by atoms with van der Waals surface area (Å²) in [6.07, 6.45) is 4.52. The van der Waals surface area contributed by atoms with E-state index in [9.17, 15) is 4.79 Å². The number of rotatable bonds is 4. The third-order valence-corrected chi connectivity index (χ3v) is 1.92. The molecule has 0 atom stereocenters. The predicted molar refractivity (Wildman–Crippen MR) is 55.9 cm³/mol. The second-order valence-corrected chi connectivity index (χ2v) is 3.13. The minimum Gasteiger partial charge on any atom is -0.330 e. The highest BCUT2D eigenvalue weighted by atomic mass is 16.1. The van der Waals surface area contributed by atoms with Gasteiger partial charge in [-0.2, -0.15) is 0 Å². The van der Waals surface area contributed by atoms with Crippen molar-refractivity contribution in [1.29, 1.82) is 0 Å². The van der Waals surface area contributed by atoms with Crippen LogP contribution < -0.4 is 11.1 Å². The van der Waals surface area contributed by atoms with Gasteiger partial charge in [0.2, 0.25) is 5.91 Å². The van der Waals surface area contributed by atoms with Crippen LogP contribution in [0.3, 0.4) is 0 Å². The molecular weight excluding hydrogens is 178 g/mol. The molecule has 0 aliphatic heterocycles. The van der Waals surface area contributed by atoms with Crippen molar-refractivity contribution in [3.63, 3.8) is 0 Å². The monoisotopic (exact) mass is 193 g/mol. The molecule has 1 aromatic heterocycles. The Balaban J connectivity index is 2.52. The first-order valence-corrected chi connectivity index (χ1v) is 4.64. The Hall–Kier alpha value is -1.42. The first-order valence-electron chi connectivity index (χ1n) is 4.64. The molecule has 0 saturated carbocycles. The molecule has 0 saturated heterocycles. The molecule has 0 unspecified atom stereocenters. The molecule has 0 aliphatic rings. The minimum atomic E-state index is -0.00782. The van der Waals surface area contributed by atoms with Crippen molar-refractivity contribution in [3.8, 4) is 0 Å². The van der Waals surface area contributed by atoms with Crippen LogP contribution in [0.5, 0.6) is 0 Å². The Labute approximate surface area is 83.5 Å². The zero-order chi connectivity index (χ0) is 10.4. The van der Waals surface area contributed by atoms with E-state index in [0.29, 0.717) is 19.4 Å². The summed E-state index contributed by atoms with van der Waals surface area (Å²) in [5, 5.41) is 2.79. The van der Waals surface area contributed by atoms with Gasteiger partial charge < -0.3 is 11.1 Å². The van der Waals surface area contributed by atoms with E-state index in [-0.39, 0.29) is 5.91 Å². The molecule has 0 bridgehead atoms. The molecule has 1 heterocycles. The zero-order valence-corrected chi connectivity index (χ0v) is 8.29. The van der Waals surface area contributed by atoms with E-state index < -0.39 is 0 Å². The van der Waals surface area contributed by atoms with E-state index in [2.05, 4.69) is 10.3 Å². The number of carbonyl (C=O) groups is 1. The number of pyridine rings is 1. The van der Waals surface area contributed by atoms with Crippen molar-refractivity contribution in [2.75, 3.05) is 11.9 Å². The van der Waals surface area contributed by atoms with Crippen LogP contribution in [0.15, 0.2) is 18.5 Å². The molecule has 14 heavy (non-hydrogen) atoms. The second-order valence-electron chi connectivity index (χ2n) is 3.13. The van der Waals surface area contributed by atoms with Crippen molar-refractivity contribution in [3.05, 3.63) is 24.0 Å². The summed E-state index contributed by atoms with van der Waals surface area (Å²) in [7, 11) is 0. The van der Waals surface area contributed by atoms with Gasteiger partial charge in [0.05, 0.1) is 11.9 Å². The molecular formula is C10H15N3O. The van der Waals surface area contributed by atoms with Crippen LogP contribution in [-0.2, 0) is 4.79 Å². The average Bonchev–Trinajstić information content (AvgIpc) is 2.18. The third kappa shape index (κ3) is 3.14. The predicted octanol–water partition coefficient (Wildman–Crippen LogP) is 1.07. The number of hydrogen-bond acceptors (Lipinski definition) is 3. The largest absolute Gasteiger partial charge is 0.330 e. The topological polar surface area (TPSA) is 68.0 Å². The van der Waals surface area contributed by atoms with E-state index in [1.807, 2.05) is 13.0 Å². The van der Waals surface area contributed by atoms with Gasteiger partial charge in [-0.25, -0.2) is 0 Å². The highest BCUT2D eigenvalue weighted by Gasteiger charge is 2.03. The number of nitrogens with zero attached hydrogens (tertiary/aromatic N) is 1. The fourth-order valence-electron chi connectivity index (χ4n) is 1.07. The number of anilines is 1. The fraction of sp³-hybridized carbons (Fsp3) is 0.400. The lowest BCUT2D eigenvalue weighted by atomic mass is 10.2. The Morgan fingerprint density at radius 2 is 2.43 bits per heavy atom. The SMILES string of the molecule is Cc1ccncc1NC(=O)CCCN. The maximum absolute atomic E-state index is 11.3. The summed E-state index contributed by atoms with van der Waals surface area (Å²) < 4.78 is 0. The maximum Gasteiger partial charge on any atom is 0.224 e. The second kappa shape index (κ2) is 5.34. The van der Waals surface area contributed by atoms with Gasteiger partial charge in [0.15, 0.2) is 0 Å². The first kappa shape index (κ1) is 10.7. The van der Waals surface area contributed by atoms with E-state index in [1.54, 1.807) is 12.4 Å². The molecule has 0 aromatic carbocycles. The van der Waals surface area contributed by atoms with Crippen LogP contribution >= 0.6 is 0 Å². The third-order valence-electron chi connectivity index (χ3n) is 1.92. The molecule has 0 aliphatic carbocycles. The van der Waals surface area contributed by atoms with Gasteiger partial charge in [-0.3, -0.25) is 9.78 Å². The molecule has 0 fully saturated rings. The van der Waals surface area contributed by atoms with Crippen molar-refractivity contribution in [2.24, 2.45) is 5.73 Å². The first-order chi connectivity index (χ1) is 6.74. The number of nitrogens with one attached hydrogen (secondary N) is 1. The fourth-order valence-corrected chi connectivity index (χ4v) is 1.07. The molecule has 1 amide bonds. The van der Waals surface area contributed by atoms with Crippen LogP contribution in [0, 0.1) is 6.92 Å². The van der Waals surface area contributed by atoms with Gasteiger partial charge in [-0.1, -0.05) is 0 Å². The molecule has 3 N–H and O–H groups in total. The number of nitrogens with two attached hydrogens (primary N) is 1. The highest BCUT2D eigenvalue weighted by molar-refractivity contribution is 5.91. The molecule has 4 nitrogen and oxygen atoms in total. The van der Waals surface area contributed by atoms with E-state index in [1.165, 1.54) is 0 Å². The average molecular weight is 193 g/mol. The van der Waals surface area contributed by atoms with Crippen molar-refractivity contribution in [1.82, 2.24) is 4.98 Å². The lowest BCUT2D eigenvalue weighted by Crippen LogP contribution is -2.14. The van der Waals surface area contributed by atoms with Crippen molar-refractivity contribution >= 4 is 11.6 Å². The van der Waals surface area contributed by atoms with E-state index in [0.717, 1.165) is 11.3 Å². The number of aromatic nitrogens is 1. The van der Waals surface area contributed by atoms with Gasteiger partial charge in [0, 0.05) is 12.6 Å². The Kier molecular flexibility index (Phi) is 4.07. The summed E-state index contributed by atoms with van der Waals surface area (Å²) in [5.74, 6) is -0.00782. The standard InChI is InChI=1S/C10H15N3O/c1-8-4-6-12-7-9(8)13-10(14)3-2-5-11/h4,6-7H,2-3,5,11H2,1H3,(H,13,14). The van der Waals surface area contributed by atoms with Gasteiger partial charge >= 0.3 is 0 Å². The molecule has 0 radical (unpaired) electrons. The molecule has 4 heteroatoms. The van der Waals surface area contributed by atoms with Gasteiger partial charge in [-0.15, -0.1) is 0 Å². The van der Waals surface area contributed by atoms with Crippen LogP contribution in [0.1, 0.15) is 18.4 Å². The van der Waals surface area contributed by atoms with Gasteiger partial charge in [-0.05, 0) is 31.5 Å². The molecule has 0 spiro atoms. The normalized spacial score (nSPS) is 9.86. The summed E-state index contributed by atoms with van der Waals surface area (Å²) in [6.45, 7) is 2.47. The van der Waals surface area contributed by atoms with Crippen molar-refractivity contribution < 1.29 is 4.79 Å². The maximum atomic E-state index is 11.3. The van der Waals surface area contributed by atoms with Crippen LogP contribution in [0.25, 0.3) is 0 Å². The number of hydrogen-bond donors (Lipinski definition) is 2. The van der Waals surface area contributed by atoms with Crippen molar-refractivity contribution in [2.45, 2.75) is 19.8 Å². The number of aryl methyl sites for hydroxylation is 1. The van der Waals surface area contributed by atoms with E-state index >= 15 is 0 Å². The summed E-state index contributed by atoms with van der Waals surface area (Å²) >= 11 is 0. The van der Waals surface area contributed by atoms with E-state index in [4.69, 9.17) is 5.73 Å². The van der Waals surface area contributed by atoms with Crippen LogP contribution in [0.2, 0.25) is 0 Å². The lowest BCUT2D eigenvalue weighted by Gasteiger charge is -2.06. The quantitative estimate of drug-likeness (QED) is 0.751. The minimum absolute atomic E-state index is 0.00782. The number of carbonyl (C=O) groups excluding carboxylic acids is 1. The Morgan fingerprint density at radius 1 is 1.64 bits per heavy atom. The Morgan fingerprint density at radius 3 is 3.07 bits per heavy atom. The summed E-state index contributed by atoms with van der Waals surface area (Å²) in [4.78, 5) is 15.3. The van der Waals surface area contributed by atoms with Gasteiger partial charge in [0.1, 0.15) is 0 Å². The number of amides is 1. The molecule has 76 valence electrons. The lowest BCUT2D eigenvalue weighted by molar-refractivity contribution is -0.116. The summed E-state index contributed by atoms with van der Waals surface area (Å²) in [5.41, 5.74) is 7.10. The smallest absolute Gasteiger partial charge is 0.224 e. The van der Waals surface area contributed by atoms with Gasteiger partial charge in [0.25, 0.3) is 0 Å². The zero-order valence-electron chi connectivity index (χ0n) is 8.29. The Bertz CT molecular complexity index is 312. The van der Waals surface area contributed by atoms with Crippen LogP contribution in [-0.4, -0.2) is 17.4 Å². The molecule has 1 aromatic rings. The molecule has 1 rings (SSSR count). The highest BCUT2D eigenvalue weighted by Crippen LogP contribution is 2.11. The summed E-state index contributed by atoms with van der Waals surface area (Å²) in [6, 6.07) is 1.86.